The zero-order valence-electron chi connectivity index (χ0n) is 14.6. The molecule has 2 heterocycles. The van der Waals surface area contributed by atoms with E-state index >= 15 is 0 Å². The summed E-state index contributed by atoms with van der Waals surface area (Å²) in [6.07, 6.45) is 4.19. The van der Waals surface area contributed by atoms with E-state index in [2.05, 4.69) is 20.8 Å². The van der Waals surface area contributed by atoms with Gasteiger partial charge in [-0.3, -0.25) is 5.10 Å². The van der Waals surface area contributed by atoms with E-state index in [1.165, 1.54) is 0 Å². The summed E-state index contributed by atoms with van der Waals surface area (Å²) in [4.78, 5) is 25.9. The number of H-pyrrole nitrogens is 1. The molecule has 0 saturated carbocycles. The molecule has 8 heteroatoms. The number of urea groups is 1. The summed E-state index contributed by atoms with van der Waals surface area (Å²) in [5, 5.41) is 12.2. The Kier molecular flexibility index (Phi) is 6.05. The van der Waals surface area contributed by atoms with Crippen LogP contribution in [0.3, 0.4) is 0 Å². The second-order valence-electron chi connectivity index (χ2n) is 6.97. The second-order valence-corrected chi connectivity index (χ2v) is 6.97. The van der Waals surface area contributed by atoms with Crippen LogP contribution in [0.4, 0.5) is 9.59 Å². The van der Waals surface area contributed by atoms with Gasteiger partial charge in [-0.25, -0.2) is 9.59 Å². The normalized spacial score (nSPS) is 18.1. The largest absolute Gasteiger partial charge is 0.444 e. The number of hydrogen-bond acceptors (Lipinski definition) is 4. The third kappa shape index (κ3) is 5.75. The highest BCUT2D eigenvalue weighted by atomic mass is 16.6. The van der Waals surface area contributed by atoms with Gasteiger partial charge >= 0.3 is 12.1 Å². The second kappa shape index (κ2) is 8.03. The van der Waals surface area contributed by atoms with Crippen LogP contribution in [0.5, 0.6) is 0 Å². The average molecular weight is 337 g/mol. The Hall–Kier alpha value is -2.25. The van der Waals surface area contributed by atoms with Gasteiger partial charge in [0.05, 0.1) is 18.3 Å². The molecule has 3 N–H and O–H groups in total. The molecule has 24 heavy (non-hydrogen) atoms. The Morgan fingerprint density at radius 2 is 2.17 bits per heavy atom. The minimum Gasteiger partial charge on any atom is -0.444 e. The Balaban J connectivity index is 1.80. The molecule has 1 atom stereocenters. The Bertz CT molecular complexity index is 538. The average Bonchev–Trinajstić information content (AvgIpc) is 3.03. The molecule has 1 fully saturated rings. The fraction of sp³-hybridized carbons (Fsp3) is 0.688. The monoisotopic (exact) mass is 337 g/mol. The van der Waals surface area contributed by atoms with Gasteiger partial charge in [-0.1, -0.05) is 0 Å². The molecule has 1 aromatic heterocycles. The van der Waals surface area contributed by atoms with Crippen molar-refractivity contribution in [2.75, 3.05) is 13.1 Å². The molecule has 1 aromatic rings. The van der Waals surface area contributed by atoms with Crippen LogP contribution in [0.2, 0.25) is 0 Å². The van der Waals surface area contributed by atoms with Crippen molar-refractivity contribution in [1.82, 2.24) is 25.7 Å². The van der Waals surface area contributed by atoms with Crippen LogP contribution >= 0.6 is 0 Å². The highest BCUT2D eigenvalue weighted by Crippen LogP contribution is 2.20. The van der Waals surface area contributed by atoms with Crippen molar-refractivity contribution in [1.29, 1.82) is 0 Å². The van der Waals surface area contributed by atoms with Crippen LogP contribution in [-0.4, -0.2) is 52.0 Å². The number of carbonyl (C=O) groups is 2. The summed E-state index contributed by atoms with van der Waals surface area (Å²) in [5.41, 5.74) is 0.312. The zero-order chi connectivity index (χ0) is 17.6. The molecule has 0 aliphatic carbocycles. The lowest BCUT2D eigenvalue weighted by molar-refractivity contribution is 0.0102. The fourth-order valence-corrected chi connectivity index (χ4v) is 2.61. The molecule has 3 amide bonds. The minimum atomic E-state index is -0.520. The smallest absolute Gasteiger partial charge is 0.410 e. The van der Waals surface area contributed by atoms with E-state index in [-0.39, 0.29) is 18.2 Å². The van der Waals surface area contributed by atoms with Gasteiger partial charge in [0, 0.05) is 19.3 Å². The minimum absolute atomic E-state index is 0.0356. The molecule has 2 rings (SSSR count). The van der Waals surface area contributed by atoms with E-state index in [9.17, 15) is 9.59 Å². The lowest BCUT2D eigenvalue weighted by Crippen LogP contribution is -2.51. The number of amides is 3. The van der Waals surface area contributed by atoms with Gasteiger partial charge in [-0.15, -0.1) is 0 Å². The third-order valence-corrected chi connectivity index (χ3v) is 3.75. The molecule has 1 aliphatic rings. The standard InChI is InChI=1S/C16H27N5O3/c1-16(2,3)24-15(23)21-9-5-4-6-13(21)11-18-14(22)17-10-12-7-8-19-20-12/h7-8,13H,4-6,9-11H2,1-3H3,(H,19,20)(H2,17,18,22). The molecule has 8 nitrogen and oxygen atoms in total. The topological polar surface area (TPSA) is 99.3 Å². The van der Waals surface area contributed by atoms with Gasteiger partial charge < -0.3 is 20.3 Å². The zero-order valence-corrected chi connectivity index (χ0v) is 14.6. The fourth-order valence-electron chi connectivity index (χ4n) is 2.61. The van der Waals surface area contributed by atoms with Gasteiger partial charge in [0.15, 0.2) is 0 Å². The number of ether oxygens (including phenoxy) is 1. The molecule has 1 aliphatic heterocycles. The first kappa shape index (κ1) is 18.1. The summed E-state index contributed by atoms with van der Waals surface area (Å²) < 4.78 is 5.46. The van der Waals surface area contributed by atoms with Crippen molar-refractivity contribution in [3.05, 3.63) is 18.0 Å². The Morgan fingerprint density at radius 3 is 2.83 bits per heavy atom. The number of piperidine rings is 1. The van der Waals surface area contributed by atoms with Crippen LogP contribution in [0.1, 0.15) is 45.7 Å². The van der Waals surface area contributed by atoms with E-state index in [0.29, 0.717) is 19.6 Å². The first-order valence-electron chi connectivity index (χ1n) is 8.35. The van der Waals surface area contributed by atoms with Crippen LogP contribution in [0.15, 0.2) is 12.3 Å². The maximum atomic E-state index is 12.3. The van der Waals surface area contributed by atoms with Crippen molar-refractivity contribution in [2.45, 2.75) is 58.2 Å². The van der Waals surface area contributed by atoms with Gasteiger partial charge in [-0.2, -0.15) is 5.10 Å². The van der Waals surface area contributed by atoms with E-state index in [4.69, 9.17) is 4.74 Å². The number of rotatable bonds is 4. The van der Waals surface area contributed by atoms with Gasteiger partial charge in [-0.05, 0) is 46.1 Å². The molecule has 0 spiro atoms. The van der Waals surface area contributed by atoms with Crippen LogP contribution in [-0.2, 0) is 11.3 Å². The van der Waals surface area contributed by atoms with Crippen molar-refractivity contribution < 1.29 is 14.3 Å². The quantitative estimate of drug-likeness (QED) is 0.782. The third-order valence-electron chi connectivity index (χ3n) is 3.75. The highest BCUT2D eigenvalue weighted by Gasteiger charge is 2.30. The van der Waals surface area contributed by atoms with Gasteiger partial charge in [0.1, 0.15) is 5.60 Å². The van der Waals surface area contributed by atoms with Crippen molar-refractivity contribution in [3.8, 4) is 0 Å². The lowest BCUT2D eigenvalue weighted by Gasteiger charge is -2.36. The van der Waals surface area contributed by atoms with Crippen LogP contribution in [0, 0.1) is 0 Å². The highest BCUT2D eigenvalue weighted by molar-refractivity contribution is 5.74. The summed E-state index contributed by atoms with van der Waals surface area (Å²) in [6, 6.07) is 1.50. The van der Waals surface area contributed by atoms with Crippen molar-refractivity contribution >= 4 is 12.1 Å². The number of likely N-dealkylation sites (tertiary alicyclic amines) is 1. The van der Waals surface area contributed by atoms with E-state index in [0.717, 1.165) is 25.0 Å². The van der Waals surface area contributed by atoms with Crippen LogP contribution < -0.4 is 10.6 Å². The molecular formula is C16H27N5O3. The van der Waals surface area contributed by atoms with E-state index in [1.807, 2.05) is 20.8 Å². The number of hydrogen-bond donors (Lipinski definition) is 3. The van der Waals surface area contributed by atoms with Crippen LogP contribution in [0.25, 0.3) is 0 Å². The first-order valence-corrected chi connectivity index (χ1v) is 8.35. The summed E-state index contributed by atoms with van der Waals surface area (Å²) in [7, 11) is 0. The summed E-state index contributed by atoms with van der Waals surface area (Å²) >= 11 is 0. The van der Waals surface area contributed by atoms with E-state index < -0.39 is 5.60 Å². The lowest BCUT2D eigenvalue weighted by atomic mass is 10.0. The number of nitrogens with zero attached hydrogens (tertiary/aromatic N) is 2. The summed E-state index contributed by atoms with van der Waals surface area (Å²) in [6.45, 7) is 7.01. The van der Waals surface area contributed by atoms with E-state index in [1.54, 1.807) is 17.2 Å². The number of nitrogens with one attached hydrogen (secondary N) is 3. The van der Waals surface area contributed by atoms with Crippen molar-refractivity contribution in [3.63, 3.8) is 0 Å². The predicted molar refractivity (Wildman–Crippen MR) is 89.4 cm³/mol. The molecule has 0 radical (unpaired) electrons. The predicted octanol–water partition coefficient (Wildman–Crippen LogP) is 2.00. The molecule has 1 unspecified atom stereocenters. The molecule has 1 saturated heterocycles. The number of carbonyl (C=O) groups excluding carboxylic acids is 2. The maximum Gasteiger partial charge on any atom is 0.410 e. The summed E-state index contributed by atoms with van der Waals surface area (Å²) in [5.74, 6) is 0. The maximum absolute atomic E-state index is 12.3. The Labute approximate surface area is 142 Å². The molecule has 0 aromatic carbocycles. The SMILES string of the molecule is CC(C)(C)OC(=O)N1CCCCC1CNC(=O)NCc1ccn[nH]1. The Morgan fingerprint density at radius 1 is 1.38 bits per heavy atom. The van der Waals surface area contributed by atoms with Gasteiger partial charge in [0.2, 0.25) is 0 Å². The number of aromatic amines is 1. The number of aromatic nitrogens is 2. The van der Waals surface area contributed by atoms with Gasteiger partial charge in [0.25, 0.3) is 0 Å². The molecule has 134 valence electrons. The molecule has 0 bridgehead atoms. The molecular weight excluding hydrogens is 310 g/mol. The van der Waals surface area contributed by atoms with Crippen molar-refractivity contribution in [2.24, 2.45) is 0 Å². The first-order chi connectivity index (χ1) is 11.3.